The molecule has 88 valence electrons. The molecule has 0 spiro atoms. The van der Waals surface area contributed by atoms with Gasteiger partial charge in [0.1, 0.15) is 4.87 Å². The van der Waals surface area contributed by atoms with E-state index in [9.17, 15) is 4.79 Å². The molecule has 0 aliphatic carbocycles. The minimum Gasteiger partial charge on any atom is -0.478 e. The van der Waals surface area contributed by atoms with Crippen LogP contribution in [0.25, 0.3) is 0 Å². The smallest absolute Gasteiger partial charge is 0.335 e. The molecule has 2 aromatic rings. The molecular weight excluding hydrogens is 256 g/mol. The molecule has 1 heterocycles. The molecule has 0 aliphatic heterocycles. The normalized spacial score (nSPS) is 14.2. The Bertz CT molecular complexity index is 515. The van der Waals surface area contributed by atoms with Crippen molar-refractivity contribution in [1.29, 1.82) is 0 Å². The van der Waals surface area contributed by atoms with E-state index in [1.165, 1.54) is 0 Å². The second kappa shape index (κ2) is 4.51. The highest BCUT2D eigenvalue weighted by Crippen LogP contribution is 2.38. The Morgan fingerprint density at radius 2 is 1.94 bits per heavy atom. The van der Waals surface area contributed by atoms with Crippen molar-refractivity contribution in [1.82, 2.24) is 0 Å². The summed E-state index contributed by atoms with van der Waals surface area (Å²) >= 11 is 8.11. The number of rotatable bonds is 3. The summed E-state index contributed by atoms with van der Waals surface area (Å²) in [6.07, 6.45) is 0. The van der Waals surface area contributed by atoms with Crippen LogP contribution < -0.4 is 0 Å². The summed E-state index contributed by atoms with van der Waals surface area (Å²) in [4.78, 5) is 11.2. The molecule has 0 amide bonds. The second-order valence-corrected chi connectivity index (χ2v) is 5.57. The Morgan fingerprint density at radius 1 is 1.29 bits per heavy atom. The van der Waals surface area contributed by atoms with Gasteiger partial charge in [0.25, 0.3) is 0 Å². The predicted molar refractivity (Wildman–Crippen MR) is 70.0 cm³/mol. The third kappa shape index (κ3) is 2.35. The first-order valence-electron chi connectivity index (χ1n) is 5.08. The fraction of sp³-hybridized carbons (Fsp3) is 0.154. The molecule has 1 aromatic carbocycles. The molecule has 17 heavy (non-hydrogen) atoms. The van der Waals surface area contributed by atoms with Gasteiger partial charge < -0.3 is 5.11 Å². The Kier molecular flexibility index (Phi) is 3.22. The Morgan fingerprint density at radius 3 is 2.41 bits per heavy atom. The summed E-state index contributed by atoms with van der Waals surface area (Å²) in [5.74, 6) is -0.927. The van der Waals surface area contributed by atoms with Gasteiger partial charge in [-0.25, -0.2) is 4.79 Å². The molecule has 1 N–H and O–H groups in total. The highest BCUT2D eigenvalue weighted by Gasteiger charge is 2.27. The van der Waals surface area contributed by atoms with Gasteiger partial charge in [-0.2, -0.15) is 0 Å². The van der Waals surface area contributed by atoms with Crippen LogP contribution in [0.3, 0.4) is 0 Å². The zero-order valence-corrected chi connectivity index (χ0v) is 10.8. The van der Waals surface area contributed by atoms with E-state index in [1.54, 1.807) is 35.6 Å². The average Bonchev–Trinajstić information content (AvgIpc) is 2.83. The van der Waals surface area contributed by atoms with Gasteiger partial charge >= 0.3 is 5.97 Å². The van der Waals surface area contributed by atoms with Crippen LogP contribution in [0.1, 0.15) is 27.7 Å². The maximum atomic E-state index is 10.8. The van der Waals surface area contributed by atoms with Crippen molar-refractivity contribution >= 4 is 28.9 Å². The average molecular weight is 267 g/mol. The number of alkyl halides is 1. The second-order valence-electron chi connectivity index (χ2n) is 3.86. The van der Waals surface area contributed by atoms with Crippen molar-refractivity contribution in [3.05, 3.63) is 57.8 Å². The summed E-state index contributed by atoms with van der Waals surface area (Å²) < 4.78 is 0. The number of carboxylic acids is 1. The van der Waals surface area contributed by atoms with Crippen molar-refractivity contribution in [3.63, 3.8) is 0 Å². The molecule has 1 atom stereocenters. The van der Waals surface area contributed by atoms with Gasteiger partial charge in [-0.15, -0.1) is 22.9 Å². The summed E-state index contributed by atoms with van der Waals surface area (Å²) in [7, 11) is 0. The molecule has 0 saturated heterocycles. The fourth-order valence-electron chi connectivity index (χ4n) is 1.61. The molecule has 0 aliphatic rings. The van der Waals surface area contributed by atoms with E-state index in [0.29, 0.717) is 0 Å². The molecule has 4 heteroatoms. The molecule has 1 aromatic heterocycles. The molecule has 2 nitrogen and oxygen atoms in total. The number of hydrogen-bond donors (Lipinski definition) is 1. The lowest BCUT2D eigenvalue weighted by Crippen LogP contribution is -2.13. The van der Waals surface area contributed by atoms with E-state index in [0.717, 1.165) is 10.4 Å². The minimum atomic E-state index is -0.927. The summed E-state index contributed by atoms with van der Waals surface area (Å²) in [6, 6.07) is 10.6. The lowest BCUT2D eigenvalue weighted by molar-refractivity contribution is 0.0697. The van der Waals surface area contributed by atoms with Crippen LogP contribution in [0, 0.1) is 0 Å². The van der Waals surface area contributed by atoms with Crippen molar-refractivity contribution < 1.29 is 9.90 Å². The van der Waals surface area contributed by atoms with E-state index in [4.69, 9.17) is 16.7 Å². The first kappa shape index (κ1) is 12.1. The minimum absolute atomic E-state index is 0.271. The molecule has 0 bridgehead atoms. The van der Waals surface area contributed by atoms with Gasteiger partial charge in [0.05, 0.1) is 5.56 Å². The first-order valence-corrected chi connectivity index (χ1v) is 6.34. The molecule has 2 rings (SSSR count). The maximum absolute atomic E-state index is 10.8. The highest BCUT2D eigenvalue weighted by molar-refractivity contribution is 7.10. The number of benzene rings is 1. The molecule has 0 saturated carbocycles. The molecule has 0 radical (unpaired) electrons. The number of carboxylic acid groups (broad SMARTS) is 1. The number of thiophene rings is 1. The van der Waals surface area contributed by atoms with Gasteiger partial charge in [-0.3, -0.25) is 0 Å². The van der Waals surface area contributed by atoms with Gasteiger partial charge in [-0.05, 0) is 36.1 Å². The predicted octanol–water partition coefficient (Wildman–Crippen LogP) is 3.95. The first-order chi connectivity index (χ1) is 8.01. The Labute approximate surface area is 108 Å². The van der Waals surface area contributed by atoms with Crippen molar-refractivity contribution in [2.75, 3.05) is 0 Å². The van der Waals surface area contributed by atoms with Gasteiger partial charge in [-0.1, -0.05) is 18.2 Å². The molecule has 0 fully saturated rings. The zero-order valence-electron chi connectivity index (χ0n) is 9.18. The van der Waals surface area contributed by atoms with E-state index in [1.807, 2.05) is 24.4 Å². The number of carbonyl (C=O) groups is 1. The van der Waals surface area contributed by atoms with E-state index in [-0.39, 0.29) is 5.56 Å². The van der Waals surface area contributed by atoms with Crippen LogP contribution in [0.5, 0.6) is 0 Å². The topological polar surface area (TPSA) is 37.3 Å². The Balaban J connectivity index is 2.37. The van der Waals surface area contributed by atoms with Crippen LogP contribution >= 0.6 is 22.9 Å². The van der Waals surface area contributed by atoms with Gasteiger partial charge in [0.15, 0.2) is 0 Å². The van der Waals surface area contributed by atoms with Crippen LogP contribution in [-0.2, 0) is 4.87 Å². The summed E-state index contributed by atoms with van der Waals surface area (Å²) in [5.41, 5.74) is 1.17. The van der Waals surface area contributed by atoms with Crippen molar-refractivity contribution in [3.8, 4) is 0 Å². The van der Waals surface area contributed by atoms with Crippen LogP contribution in [-0.4, -0.2) is 11.1 Å². The third-order valence-corrected chi connectivity index (χ3v) is 4.28. The van der Waals surface area contributed by atoms with E-state index >= 15 is 0 Å². The number of halogens is 1. The quantitative estimate of drug-likeness (QED) is 0.854. The standard InChI is InChI=1S/C13H11ClO2S/c1-13(14,11-3-2-8-17-11)10-6-4-9(5-7-10)12(15)16/h2-8H,1H3,(H,15,16). The SMILES string of the molecule is CC(Cl)(c1ccc(C(=O)O)cc1)c1cccs1. The zero-order chi connectivity index (χ0) is 12.5. The summed E-state index contributed by atoms with van der Waals surface area (Å²) in [5, 5.41) is 10.8. The van der Waals surface area contributed by atoms with Crippen molar-refractivity contribution in [2.24, 2.45) is 0 Å². The monoisotopic (exact) mass is 266 g/mol. The summed E-state index contributed by atoms with van der Waals surface area (Å²) in [6.45, 7) is 1.91. The molecule has 1 unspecified atom stereocenters. The number of aromatic carboxylic acids is 1. The van der Waals surface area contributed by atoms with Crippen LogP contribution in [0.4, 0.5) is 0 Å². The highest BCUT2D eigenvalue weighted by atomic mass is 35.5. The van der Waals surface area contributed by atoms with E-state index in [2.05, 4.69) is 0 Å². The van der Waals surface area contributed by atoms with Crippen LogP contribution in [0.15, 0.2) is 41.8 Å². The van der Waals surface area contributed by atoms with Crippen LogP contribution in [0.2, 0.25) is 0 Å². The largest absolute Gasteiger partial charge is 0.478 e. The fourth-order valence-corrected chi connectivity index (χ4v) is 2.74. The lowest BCUT2D eigenvalue weighted by Gasteiger charge is -2.21. The number of hydrogen-bond acceptors (Lipinski definition) is 2. The third-order valence-electron chi connectivity index (χ3n) is 2.66. The van der Waals surface area contributed by atoms with E-state index < -0.39 is 10.8 Å². The van der Waals surface area contributed by atoms with Gasteiger partial charge in [0.2, 0.25) is 0 Å². The maximum Gasteiger partial charge on any atom is 0.335 e. The molecular formula is C13H11ClO2S. The Hall–Kier alpha value is -1.32. The van der Waals surface area contributed by atoms with Crippen molar-refractivity contribution in [2.45, 2.75) is 11.8 Å². The van der Waals surface area contributed by atoms with Gasteiger partial charge in [0, 0.05) is 4.88 Å². The lowest BCUT2D eigenvalue weighted by atomic mass is 9.97.